The summed E-state index contributed by atoms with van der Waals surface area (Å²) in [5.41, 5.74) is 0. The van der Waals surface area contributed by atoms with Crippen molar-refractivity contribution in [3.63, 3.8) is 0 Å². The zero-order valence-electron chi connectivity index (χ0n) is 8.55. The Balaban J connectivity index is 2.01. The van der Waals surface area contributed by atoms with Crippen molar-refractivity contribution in [2.75, 3.05) is 18.7 Å². The monoisotopic (exact) mass is 230 g/mol. The number of carboxylic acids is 1. The third kappa shape index (κ3) is 2.04. The summed E-state index contributed by atoms with van der Waals surface area (Å²) in [6.45, 7) is 0. The van der Waals surface area contributed by atoms with E-state index < -0.39 is 12.0 Å². The first kappa shape index (κ1) is 10.6. The molecule has 0 unspecified atom stereocenters. The predicted molar refractivity (Wildman–Crippen MR) is 56.8 cm³/mol. The lowest BCUT2D eigenvalue weighted by atomic mass is 10.3. The highest BCUT2D eigenvalue weighted by molar-refractivity contribution is 7.99. The molecule has 1 atom stereocenters. The normalized spacial score (nSPS) is 25.4. The largest absolute Gasteiger partial charge is 0.480 e. The van der Waals surface area contributed by atoms with Gasteiger partial charge in [-0.15, -0.1) is 11.8 Å². The van der Waals surface area contributed by atoms with Crippen molar-refractivity contribution in [2.24, 2.45) is 0 Å². The van der Waals surface area contributed by atoms with Gasteiger partial charge in [-0.25, -0.2) is 9.59 Å². The van der Waals surface area contributed by atoms with Crippen LogP contribution >= 0.6 is 11.8 Å². The van der Waals surface area contributed by atoms with E-state index in [4.69, 9.17) is 5.11 Å². The van der Waals surface area contributed by atoms with Gasteiger partial charge in [-0.2, -0.15) is 0 Å². The Kier molecular flexibility index (Phi) is 2.77. The van der Waals surface area contributed by atoms with Gasteiger partial charge in [0.1, 0.15) is 6.04 Å². The standard InChI is InChI=1S/C9H14N2O3S/c1-10(6-2-3-6)9(14)11-5-15-4-7(11)8(12)13/h6-7H,2-5H2,1H3,(H,12,13)/t7-/m0/s1. The Hall–Kier alpha value is -0.910. The molecule has 0 spiro atoms. The topological polar surface area (TPSA) is 60.9 Å². The first-order chi connectivity index (χ1) is 7.11. The van der Waals surface area contributed by atoms with Gasteiger partial charge in [0.25, 0.3) is 0 Å². The summed E-state index contributed by atoms with van der Waals surface area (Å²) in [4.78, 5) is 25.9. The van der Waals surface area contributed by atoms with E-state index in [-0.39, 0.29) is 6.03 Å². The van der Waals surface area contributed by atoms with Gasteiger partial charge in [-0.05, 0) is 12.8 Å². The van der Waals surface area contributed by atoms with Crippen molar-refractivity contribution in [3.05, 3.63) is 0 Å². The number of thioether (sulfide) groups is 1. The number of aliphatic carboxylic acids is 1. The maximum atomic E-state index is 11.9. The van der Waals surface area contributed by atoms with E-state index >= 15 is 0 Å². The minimum atomic E-state index is -0.905. The fourth-order valence-corrected chi connectivity index (χ4v) is 2.79. The maximum Gasteiger partial charge on any atom is 0.327 e. The van der Waals surface area contributed by atoms with E-state index in [1.807, 2.05) is 0 Å². The molecule has 2 rings (SSSR count). The van der Waals surface area contributed by atoms with Crippen molar-refractivity contribution in [1.82, 2.24) is 9.80 Å². The Labute approximate surface area is 92.4 Å². The third-order valence-corrected chi connectivity index (χ3v) is 3.82. The smallest absolute Gasteiger partial charge is 0.327 e. The van der Waals surface area contributed by atoms with Crippen molar-refractivity contribution in [1.29, 1.82) is 0 Å². The van der Waals surface area contributed by atoms with Crippen LogP contribution in [0.1, 0.15) is 12.8 Å². The molecule has 15 heavy (non-hydrogen) atoms. The zero-order valence-corrected chi connectivity index (χ0v) is 9.37. The zero-order chi connectivity index (χ0) is 11.0. The number of carbonyl (C=O) groups excluding carboxylic acids is 1. The summed E-state index contributed by atoms with van der Waals surface area (Å²) < 4.78 is 0. The van der Waals surface area contributed by atoms with Crippen LogP contribution in [0.4, 0.5) is 4.79 Å². The van der Waals surface area contributed by atoms with Crippen LogP contribution in [0.25, 0.3) is 0 Å². The molecule has 84 valence electrons. The van der Waals surface area contributed by atoms with E-state index in [9.17, 15) is 9.59 Å². The van der Waals surface area contributed by atoms with Gasteiger partial charge < -0.3 is 14.9 Å². The summed E-state index contributed by atoms with van der Waals surface area (Å²) in [5, 5.41) is 8.94. The first-order valence-corrected chi connectivity index (χ1v) is 6.10. The summed E-state index contributed by atoms with van der Waals surface area (Å²) in [6, 6.07) is -0.462. The SMILES string of the molecule is CN(C(=O)N1CSC[C@H]1C(=O)O)C1CC1. The molecule has 1 saturated heterocycles. The molecule has 1 aliphatic heterocycles. The average Bonchev–Trinajstić information content (AvgIpc) is 2.92. The van der Waals surface area contributed by atoms with Gasteiger partial charge >= 0.3 is 12.0 Å². The number of amides is 2. The summed E-state index contributed by atoms with van der Waals surface area (Å²) in [7, 11) is 1.75. The van der Waals surface area contributed by atoms with Crippen LogP contribution in [0.15, 0.2) is 0 Å². The quantitative estimate of drug-likeness (QED) is 0.757. The highest BCUT2D eigenvalue weighted by Gasteiger charge is 2.39. The number of carbonyl (C=O) groups is 2. The molecule has 5 nitrogen and oxygen atoms in total. The molecular weight excluding hydrogens is 216 g/mol. The van der Waals surface area contributed by atoms with Crippen LogP contribution in [0.3, 0.4) is 0 Å². The molecule has 1 N–H and O–H groups in total. The molecule has 0 aromatic carbocycles. The molecule has 1 aliphatic carbocycles. The van der Waals surface area contributed by atoms with Crippen molar-refractivity contribution in [2.45, 2.75) is 24.9 Å². The van der Waals surface area contributed by atoms with Crippen molar-refractivity contribution < 1.29 is 14.7 Å². The number of hydrogen-bond donors (Lipinski definition) is 1. The van der Waals surface area contributed by atoms with Crippen LogP contribution in [0, 0.1) is 0 Å². The number of nitrogens with zero attached hydrogens (tertiary/aromatic N) is 2. The van der Waals surface area contributed by atoms with Crippen LogP contribution in [-0.2, 0) is 4.79 Å². The van der Waals surface area contributed by atoms with E-state index in [0.29, 0.717) is 17.7 Å². The van der Waals surface area contributed by atoms with Gasteiger partial charge in [0.2, 0.25) is 0 Å². The van der Waals surface area contributed by atoms with Crippen molar-refractivity contribution in [3.8, 4) is 0 Å². The fraction of sp³-hybridized carbons (Fsp3) is 0.778. The van der Waals surface area contributed by atoms with Gasteiger partial charge in [-0.1, -0.05) is 0 Å². The number of urea groups is 1. The first-order valence-electron chi connectivity index (χ1n) is 4.95. The molecule has 1 saturated carbocycles. The number of hydrogen-bond acceptors (Lipinski definition) is 3. The van der Waals surface area contributed by atoms with E-state index in [1.54, 1.807) is 11.9 Å². The highest BCUT2D eigenvalue weighted by atomic mass is 32.2. The van der Waals surface area contributed by atoms with Crippen molar-refractivity contribution >= 4 is 23.8 Å². The summed E-state index contributed by atoms with van der Waals surface area (Å²) in [5.74, 6) is 0.0875. The second-order valence-corrected chi connectivity index (χ2v) is 4.95. The van der Waals surface area contributed by atoms with Crippen LogP contribution in [-0.4, -0.2) is 57.7 Å². The third-order valence-electron chi connectivity index (χ3n) is 2.81. The summed E-state index contributed by atoms with van der Waals surface area (Å²) >= 11 is 1.49. The Morgan fingerprint density at radius 2 is 2.13 bits per heavy atom. The van der Waals surface area contributed by atoms with E-state index in [2.05, 4.69) is 0 Å². The maximum absolute atomic E-state index is 11.9. The lowest BCUT2D eigenvalue weighted by Crippen LogP contribution is -2.48. The van der Waals surface area contributed by atoms with Gasteiger partial charge in [-0.3, -0.25) is 0 Å². The molecule has 6 heteroatoms. The predicted octanol–water partition coefficient (Wildman–Crippen LogP) is 0.660. The highest BCUT2D eigenvalue weighted by Crippen LogP contribution is 2.29. The molecule has 0 radical (unpaired) electrons. The van der Waals surface area contributed by atoms with E-state index in [1.165, 1.54) is 16.7 Å². The number of rotatable bonds is 2. The molecule has 1 heterocycles. The molecular formula is C9H14N2O3S. The van der Waals surface area contributed by atoms with Crippen LogP contribution in [0.2, 0.25) is 0 Å². The Morgan fingerprint density at radius 3 is 2.67 bits per heavy atom. The Morgan fingerprint density at radius 1 is 1.47 bits per heavy atom. The van der Waals surface area contributed by atoms with Crippen LogP contribution in [0.5, 0.6) is 0 Å². The molecule has 2 amide bonds. The van der Waals surface area contributed by atoms with Gasteiger partial charge in [0.15, 0.2) is 0 Å². The second kappa shape index (κ2) is 3.92. The molecule has 2 fully saturated rings. The minimum Gasteiger partial charge on any atom is -0.480 e. The van der Waals surface area contributed by atoms with Crippen LogP contribution < -0.4 is 0 Å². The minimum absolute atomic E-state index is 0.144. The Bertz CT molecular complexity index is 293. The second-order valence-electron chi connectivity index (χ2n) is 3.95. The average molecular weight is 230 g/mol. The molecule has 2 aliphatic rings. The molecule has 0 bridgehead atoms. The van der Waals surface area contributed by atoms with Gasteiger partial charge in [0, 0.05) is 18.8 Å². The lowest BCUT2D eigenvalue weighted by molar-refractivity contribution is -0.140. The molecule has 0 aromatic rings. The fourth-order valence-electron chi connectivity index (χ4n) is 1.66. The lowest BCUT2D eigenvalue weighted by Gasteiger charge is -2.26. The number of carboxylic acid groups (broad SMARTS) is 1. The van der Waals surface area contributed by atoms with E-state index in [0.717, 1.165) is 12.8 Å². The molecule has 0 aromatic heterocycles. The van der Waals surface area contributed by atoms with Gasteiger partial charge in [0.05, 0.1) is 5.88 Å². The summed E-state index contributed by atoms with van der Waals surface area (Å²) in [6.07, 6.45) is 2.09.